The monoisotopic (exact) mass is 495 g/mol. The Morgan fingerprint density at radius 3 is 2.09 bits per heavy atom. The van der Waals surface area contributed by atoms with E-state index in [2.05, 4.69) is 20.0 Å². The SMILES string of the molecule is CN(CC(=O)Nc1ccc(S(=O)(=O)Nc2ncccn2)cc1)S(=O)(=O)c1ccc(Cl)cc1. The molecule has 0 unspecified atom stereocenters. The lowest BCUT2D eigenvalue weighted by atomic mass is 10.3. The molecule has 0 spiro atoms. The molecule has 0 atom stereocenters. The molecule has 0 saturated carbocycles. The number of halogens is 1. The van der Waals surface area contributed by atoms with Crippen LogP contribution in [0.1, 0.15) is 0 Å². The summed E-state index contributed by atoms with van der Waals surface area (Å²) in [5, 5.41) is 2.92. The molecule has 2 N–H and O–H groups in total. The number of nitrogens with zero attached hydrogens (tertiary/aromatic N) is 3. The first-order chi connectivity index (χ1) is 15.1. The van der Waals surface area contributed by atoms with E-state index in [0.717, 1.165) is 4.31 Å². The molecule has 0 radical (unpaired) electrons. The van der Waals surface area contributed by atoms with Crippen LogP contribution in [0, 0.1) is 0 Å². The van der Waals surface area contributed by atoms with E-state index >= 15 is 0 Å². The Balaban J connectivity index is 1.63. The average molecular weight is 496 g/mol. The van der Waals surface area contributed by atoms with Gasteiger partial charge in [-0.2, -0.15) is 4.31 Å². The molecule has 0 saturated heterocycles. The van der Waals surface area contributed by atoms with E-state index in [1.807, 2.05) is 0 Å². The fourth-order valence-corrected chi connectivity index (χ4v) is 4.73. The highest BCUT2D eigenvalue weighted by molar-refractivity contribution is 7.92. The fraction of sp³-hybridized carbons (Fsp3) is 0.105. The predicted molar refractivity (Wildman–Crippen MR) is 119 cm³/mol. The summed E-state index contributed by atoms with van der Waals surface area (Å²) in [6.45, 7) is -0.447. The summed E-state index contributed by atoms with van der Waals surface area (Å²) in [5.41, 5.74) is 0.294. The Morgan fingerprint density at radius 1 is 0.938 bits per heavy atom. The molecule has 2 aromatic carbocycles. The van der Waals surface area contributed by atoms with Gasteiger partial charge in [-0.1, -0.05) is 11.6 Å². The smallest absolute Gasteiger partial charge is 0.264 e. The minimum absolute atomic E-state index is 0.00153. The summed E-state index contributed by atoms with van der Waals surface area (Å²) in [4.78, 5) is 19.8. The lowest BCUT2D eigenvalue weighted by molar-refractivity contribution is -0.116. The summed E-state index contributed by atoms with van der Waals surface area (Å²) >= 11 is 5.78. The van der Waals surface area contributed by atoms with E-state index < -0.39 is 32.5 Å². The van der Waals surface area contributed by atoms with Gasteiger partial charge in [0.25, 0.3) is 10.0 Å². The van der Waals surface area contributed by atoms with Crippen molar-refractivity contribution in [3.8, 4) is 0 Å². The first kappa shape index (κ1) is 23.6. The molecule has 1 amide bonds. The number of amides is 1. The molecule has 0 aliphatic carbocycles. The number of anilines is 2. The van der Waals surface area contributed by atoms with Crippen molar-refractivity contribution in [1.29, 1.82) is 0 Å². The Morgan fingerprint density at radius 2 is 1.50 bits per heavy atom. The number of likely N-dealkylation sites (N-methyl/N-ethyl adjacent to an activating group) is 1. The van der Waals surface area contributed by atoms with Gasteiger partial charge in [0.05, 0.1) is 16.3 Å². The zero-order valence-electron chi connectivity index (χ0n) is 16.6. The predicted octanol–water partition coefficient (Wildman–Crippen LogP) is 2.19. The highest BCUT2D eigenvalue weighted by Gasteiger charge is 2.23. The number of hydrogen-bond acceptors (Lipinski definition) is 7. The van der Waals surface area contributed by atoms with E-state index in [-0.39, 0.29) is 15.7 Å². The van der Waals surface area contributed by atoms with Crippen LogP contribution in [0.4, 0.5) is 11.6 Å². The molecule has 168 valence electrons. The number of benzene rings is 2. The molecule has 3 aromatic rings. The highest BCUT2D eigenvalue weighted by Crippen LogP contribution is 2.19. The Kier molecular flexibility index (Phi) is 7.09. The van der Waals surface area contributed by atoms with Gasteiger partial charge in [-0.3, -0.25) is 4.79 Å². The second-order valence-corrected chi connectivity index (χ2v) is 10.6. The van der Waals surface area contributed by atoms with Crippen molar-refractivity contribution >= 4 is 49.2 Å². The molecule has 10 nitrogen and oxygen atoms in total. The standard InChI is InChI=1S/C19H18ClN5O5S2/c1-25(32(29,30)17-7-3-14(20)4-8-17)13-18(26)23-15-5-9-16(10-6-15)31(27,28)24-19-21-11-2-12-22-19/h2-12H,13H2,1H3,(H,23,26)(H,21,22,24). The summed E-state index contributed by atoms with van der Waals surface area (Å²) in [7, 11) is -6.53. The summed E-state index contributed by atoms with van der Waals surface area (Å²) in [5.74, 6) is -0.675. The van der Waals surface area contributed by atoms with Crippen molar-refractivity contribution in [2.75, 3.05) is 23.6 Å². The maximum Gasteiger partial charge on any atom is 0.264 e. The third-order valence-electron chi connectivity index (χ3n) is 4.13. The first-order valence-electron chi connectivity index (χ1n) is 8.99. The minimum atomic E-state index is -3.92. The number of carbonyl (C=O) groups excluding carboxylic acids is 1. The topological polar surface area (TPSA) is 138 Å². The summed E-state index contributed by atoms with van der Waals surface area (Å²) in [6, 6.07) is 12.5. The maximum absolute atomic E-state index is 12.6. The van der Waals surface area contributed by atoms with Crippen molar-refractivity contribution in [2.24, 2.45) is 0 Å². The molecule has 13 heteroatoms. The maximum atomic E-state index is 12.6. The number of sulfonamides is 2. The highest BCUT2D eigenvalue weighted by atomic mass is 35.5. The number of nitrogens with one attached hydrogen (secondary N) is 2. The molecule has 1 heterocycles. The third-order valence-corrected chi connectivity index (χ3v) is 7.54. The van der Waals surface area contributed by atoms with Crippen molar-refractivity contribution in [3.05, 3.63) is 72.0 Å². The number of carbonyl (C=O) groups is 1. The van der Waals surface area contributed by atoms with Crippen LogP contribution in [0.25, 0.3) is 0 Å². The molecular weight excluding hydrogens is 478 g/mol. The van der Waals surface area contributed by atoms with Crippen LogP contribution in [0.5, 0.6) is 0 Å². The van der Waals surface area contributed by atoms with Crippen LogP contribution in [0.2, 0.25) is 5.02 Å². The zero-order chi connectivity index (χ0) is 23.4. The van der Waals surface area contributed by atoms with Crippen molar-refractivity contribution in [2.45, 2.75) is 9.79 Å². The Bertz CT molecular complexity index is 1300. The van der Waals surface area contributed by atoms with E-state index in [0.29, 0.717) is 10.7 Å². The van der Waals surface area contributed by atoms with Crippen molar-refractivity contribution in [1.82, 2.24) is 14.3 Å². The second-order valence-electron chi connectivity index (χ2n) is 6.47. The molecule has 0 aliphatic heterocycles. The molecule has 32 heavy (non-hydrogen) atoms. The Hall–Kier alpha value is -3.06. The van der Waals surface area contributed by atoms with Crippen molar-refractivity contribution < 1.29 is 21.6 Å². The number of hydrogen-bond donors (Lipinski definition) is 2. The van der Waals surface area contributed by atoms with E-state index in [1.165, 1.54) is 68.0 Å². The van der Waals surface area contributed by atoms with Gasteiger partial charge in [0.15, 0.2) is 0 Å². The minimum Gasteiger partial charge on any atom is -0.325 e. The average Bonchev–Trinajstić information content (AvgIpc) is 2.74. The quantitative estimate of drug-likeness (QED) is 0.488. The summed E-state index contributed by atoms with van der Waals surface area (Å²) < 4.78 is 53.0. The molecule has 0 aliphatic rings. The Labute approximate surface area is 190 Å². The van der Waals surface area contributed by atoms with Gasteiger partial charge in [-0.05, 0) is 54.6 Å². The van der Waals surface area contributed by atoms with Crippen LogP contribution < -0.4 is 10.0 Å². The van der Waals surface area contributed by atoms with Gasteiger partial charge in [-0.15, -0.1) is 0 Å². The third kappa shape index (κ3) is 5.79. The molecular formula is C19H18ClN5O5S2. The van der Waals surface area contributed by atoms with E-state index in [4.69, 9.17) is 11.6 Å². The van der Waals surface area contributed by atoms with Crippen molar-refractivity contribution in [3.63, 3.8) is 0 Å². The molecule has 1 aromatic heterocycles. The normalized spacial score (nSPS) is 11.8. The van der Waals surface area contributed by atoms with E-state index in [9.17, 15) is 21.6 Å². The summed E-state index contributed by atoms with van der Waals surface area (Å²) in [6.07, 6.45) is 2.79. The molecule has 0 fully saturated rings. The van der Waals surface area contributed by atoms with Gasteiger partial charge >= 0.3 is 0 Å². The van der Waals surface area contributed by atoms with Crippen LogP contribution in [0.3, 0.4) is 0 Å². The van der Waals surface area contributed by atoms with Gasteiger partial charge in [-0.25, -0.2) is 31.5 Å². The van der Waals surface area contributed by atoms with Gasteiger partial charge in [0.1, 0.15) is 0 Å². The van der Waals surface area contributed by atoms with E-state index in [1.54, 1.807) is 6.07 Å². The fourth-order valence-electron chi connectivity index (χ4n) is 2.52. The van der Waals surface area contributed by atoms with Gasteiger partial charge < -0.3 is 5.32 Å². The zero-order valence-corrected chi connectivity index (χ0v) is 19.0. The first-order valence-corrected chi connectivity index (χ1v) is 12.3. The van der Waals surface area contributed by atoms with Gasteiger partial charge in [0.2, 0.25) is 21.9 Å². The van der Waals surface area contributed by atoms with Crippen LogP contribution in [0.15, 0.2) is 76.8 Å². The lowest BCUT2D eigenvalue weighted by Gasteiger charge is -2.17. The van der Waals surface area contributed by atoms with Crippen LogP contribution in [-0.4, -0.2) is 50.6 Å². The van der Waals surface area contributed by atoms with Crippen LogP contribution >= 0.6 is 11.6 Å². The molecule has 0 bridgehead atoms. The lowest BCUT2D eigenvalue weighted by Crippen LogP contribution is -2.34. The number of aromatic nitrogens is 2. The van der Waals surface area contributed by atoms with Crippen LogP contribution in [-0.2, 0) is 24.8 Å². The number of rotatable bonds is 8. The second kappa shape index (κ2) is 9.61. The largest absolute Gasteiger partial charge is 0.325 e. The molecule has 3 rings (SSSR count). The van der Waals surface area contributed by atoms with Gasteiger partial charge in [0, 0.05) is 30.2 Å².